The number of benzene rings is 2. The van der Waals surface area contributed by atoms with Crippen LogP contribution in [0.25, 0.3) is 11.2 Å². The number of imidazole rings is 1. The first-order valence-corrected chi connectivity index (χ1v) is 11.5. The molecular weight excluding hydrogens is 362 g/mol. The van der Waals surface area contributed by atoms with Crippen LogP contribution in [0.15, 0.2) is 79.0 Å². The Morgan fingerprint density at radius 2 is 1.46 bits per heavy atom. The number of fused-ring (bicyclic) bond motifs is 1. The molecule has 0 aliphatic rings. The second-order valence-electron chi connectivity index (χ2n) is 8.01. The van der Waals surface area contributed by atoms with Gasteiger partial charge in [0.1, 0.15) is 5.82 Å². The van der Waals surface area contributed by atoms with E-state index in [1.165, 1.54) is 10.4 Å². The van der Waals surface area contributed by atoms with Crippen molar-refractivity contribution in [3.63, 3.8) is 0 Å². The van der Waals surface area contributed by atoms with Crippen LogP contribution in [0, 0.1) is 0 Å². The largest absolute Gasteiger partial charge is 0.400 e. The minimum atomic E-state index is -2.56. The molecule has 4 aromatic rings. The fraction of sp³-hybridized carbons (Fsp3) is 0.217. The summed E-state index contributed by atoms with van der Waals surface area (Å²) < 4.78 is 6.90. The van der Waals surface area contributed by atoms with Gasteiger partial charge in [-0.25, -0.2) is 9.97 Å². The number of hydrogen-bond acceptors (Lipinski definition) is 3. The molecule has 2 aromatic carbocycles. The van der Waals surface area contributed by atoms with Crippen LogP contribution in [-0.2, 0) is 11.0 Å². The molecule has 0 radical (unpaired) electrons. The smallest absolute Gasteiger partial charge is 0.261 e. The van der Waals surface area contributed by atoms with Gasteiger partial charge in [-0.1, -0.05) is 81.4 Å². The molecule has 4 nitrogen and oxygen atoms in total. The van der Waals surface area contributed by atoms with Gasteiger partial charge in [-0.15, -0.1) is 0 Å². The molecule has 0 aliphatic carbocycles. The summed E-state index contributed by atoms with van der Waals surface area (Å²) in [6.45, 7) is 7.25. The Labute approximate surface area is 166 Å². The van der Waals surface area contributed by atoms with E-state index >= 15 is 0 Å². The van der Waals surface area contributed by atoms with Gasteiger partial charge in [-0.05, 0) is 27.5 Å². The zero-order valence-electron chi connectivity index (χ0n) is 16.5. The summed E-state index contributed by atoms with van der Waals surface area (Å²) in [6.07, 6.45) is 1.76. The van der Waals surface area contributed by atoms with E-state index in [0.29, 0.717) is 6.61 Å². The summed E-state index contributed by atoms with van der Waals surface area (Å²) in [7, 11) is -2.56. The third-order valence-electron chi connectivity index (χ3n) is 5.15. The van der Waals surface area contributed by atoms with Crippen LogP contribution in [0.4, 0.5) is 0 Å². The van der Waals surface area contributed by atoms with Gasteiger partial charge in [0.15, 0.2) is 5.65 Å². The fourth-order valence-electron chi connectivity index (χ4n) is 3.90. The van der Waals surface area contributed by atoms with E-state index in [1.807, 2.05) is 12.1 Å². The van der Waals surface area contributed by atoms with E-state index in [1.54, 1.807) is 6.20 Å². The van der Waals surface area contributed by atoms with Crippen LogP contribution < -0.4 is 10.4 Å². The number of hydrogen-bond donors (Lipinski definition) is 1. The van der Waals surface area contributed by atoms with Crippen molar-refractivity contribution in [3.8, 4) is 0 Å². The maximum atomic E-state index is 6.90. The van der Waals surface area contributed by atoms with Crippen molar-refractivity contribution < 1.29 is 4.43 Å². The minimum absolute atomic E-state index is 0.0556. The number of pyridine rings is 1. The van der Waals surface area contributed by atoms with E-state index < -0.39 is 8.32 Å². The maximum Gasteiger partial charge on any atom is 0.261 e. The van der Waals surface area contributed by atoms with Gasteiger partial charge in [0.05, 0.1) is 12.1 Å². The average molecular weight is 388 g/mol. The zero-order valence-corrected chi connectivity index (χ0v) is 17.5. The number of aromatic amines is 1. The normalized spacial score (nSPS) is 12.4. The SMILES string of the molecule is CC(C)(C)[Si](OCc1nc2ncccc2[nH]1)(c1ccccc1)c1ccccc1. The van der Waals surface area contributed by atoms with Crippen LogP contribution >= 0.6 is 0 Å². The molecule has 0 saturated heterocycles. The highest BCUT2D eigenvalue weighted by Crippen LogP contribution is 2.37. The molecule has 142 valence electrons. The summed E-state index contributed by atoms with van der Waals surface area (Å²) in [6, 6.07) is 25.2. The summed E-state index contributed by atoms with van der Waals surface area (Å²) in [5.74, 6) is 0.807. The lowest BCUT2D eigenvalue weighted by Crippen LogP contribution is -2.66. The van der Waals surface area contributed by atoms with Gasteiger partial charge in [0.2, 0.25) is 0 Å². The molecule has 2 heterocycles. The molecule has 28 heavy (non-hydrogen) atoms. The van der Waals surface area contributed by atoms with Crippen LogP contribution in [0.5, 0.6) is 0 Å². The molecule has 4 rings (SSSR count). The third-order valence-corrected chi connectivity index (χ3v) is 10.1. The predicted octanol–water partition coefficient (Wildman–Crippen LogP) is 4.03. The molecule has 1 N–H and O–H groups in total. The molecule has 0 aliphatic heterocycles. The Morgan fingerprint density at radius 3 is 2.00 bits per heavy atom. The summed E-state index contributed by atoms with van der Waals surface area (Å²) in [5.41, 5.74) is 1.66. The van der Waals surface area contributed by atoms with Crippen molar-refractivity contribution in [3.05, 3.63) is 84.8 Å². The highest BCUT2D eigenvalue weighted by molar-refractivity contribution is 6.99. The number of nitrogens with one attached hydrogen (secondary N) is 1. The van der Waals surface area contributed by atoms with Gasteiger partial charge in [-0.2, -0.15) is 0 Å². The molecule has 0 bridgehead atoms. The molecule has 2 aromatic heterocycles. The van der Waals surface area contributed by atoms with Gasteiger partial charge in [0.25, 0.3) is 8.32 Å². The standard InChI is InChI=1S/C23H25N3OSi/c1-23(2,3)28(18-11-6-4-7-12-18,19-13-8-5-9-14-19)27-17-21-25-20-15-10-16-24-22(20)26-21/h4-16H,17H2,1-3H3,(H,24,25,26). The van der Waals surface area contributed by atoms with Crippen molar-refractivity contribution >= 4 is 29.9 Å². The van der Waals surface area contributed by atoms with E-state index in [2.05, 4.69) is 96.4 Å². The van der Waals surface area contributed by atoms with E-state index in [-0.39, 0.29) is 5.04 Å². The molecule has 5 heteroatoms. The van der Waals surface area contributed by atoms with E-state index in [0.717, 1.165) is 17.0 Å². The quantitative estimate of drug-likeness (QED) is 0.526. The Balaban J connectivity index is 1.80. The number of aromatic nitrogens is 3. The van der Waals surface area contributed by atoms with Crippen molar-refractivity contribution in [2.24, 2.45) is 0 Å². The first-order valence-electron chi connectivity index (χ1n) is 9.55. The second-order valence-corrected chi connectivity index (χ2v) is 12.3. The molecule has 0 atom stereocenters. The van der Waals surface area contributed by atoms with E-state index in [4.69, 9.17) is 4.43 Å². The lowest BCUT2D eigenvalue weighted by atomic mass is 10.2. The van der Waals surface area contributed by atoms with Gasteiger partial charge < -0.3 is 9.41 Å². The highest BCUT2D eigenvalue weighted by atomic mass is 28.4. The van der Waals surface area contributed by atoms with Crippen molar-refractivity contribution in [2.45, 2.75) is 32.4 Å². The van der Waals surface area contributed by atoms with Crippen molar-refractivity contribution in [1.29, 1.82) is 0 Å². The Bertz CT molecular complexity index is 983. The lowest BCUT2D eigenvalue weighted by molar-refractivity contribution is 0.278. The summed E-state index contributed by atoms with van der Waals surface area (Å²) in [4.78, 5) is 12.3. The van der Waals surface area contributed by atoms with Gasteiger partial charge in [-0.3, -0.25) is 0 Å². The van der Waals surface area contributed by atoms with Crippen LogP contribution in [0.3, 0.4) is 0 Å². The zero-order chi connectivity index (χ0) is 19.6. The maximum absolute atomic E-state index is 6.90. The molecule has 0 unspecified atom stereocenters. The Kier molecular flexibility index (Phi) is 4.87. The molecular formula is C23H25N3OSi. The molecule has 0 spiro atoms. The summed E-state index contributed by atoms with van der Waals surface area (Å²) >= 11 is 0. The topological polar surface area (TPSA) is 50.8 Å². The number of H-pyrrole nitrogens is 1. The summed E-state index contributed by atoms with van der Waals surface area (Å²) in [5, 5.41) is 2.48. The fourth-order valence-corrected chi connectivity index (χ4v) is 8.41. The highest BCUT2D eigenvalue weighted by Gasteiger charge is 2.50. The molecule has 0 fully saturated rings. The van der Waals surface area contributed by atoms with Crippen LogP contribution in [0.1, 0.15) is 26.6 Å². The number of rotatable bonds is 5. The Hall–Kier alpha value is -2.76. The monoisotopic (exact) mass is 387 g/mol. The minimum Gasteiger partial charge on any atom is -0.400 e. The first kappa shape index (κ1) is 18.6. The van der Waals surface area contributed by atoms with Crippen molar-refractivity contribution in [2.75, 3.05) is 0 Å². The average Bonchev–Trinajstić information content (AvgIpc) is 3.12. The van der Waals surface area contributed by atoms with E-state index in [9.17, 15) is 0 Å². The Morgan fingerprint density at radius 1 is 0.857 bits per heavy atom. The van der Waals surface area contributed by atoms with Gasteiger partial charge in [0, 0.05) is 6.20 Å². The van der Waals surface area contributed by atoms with Gasteiger partial charge >= 0.3 is 0 Å². The first-order chi connectivity index (χ1) is 13.5. The van der Waals surface area contributed by atoms with Crippen molar-refractivity contribution in [1.82, 2.24) is 15.0 Å². The second kappa shape index (κ2) is 7.34. The van der Waals surface area contributed by atoms with Crippen LogP contribution in [0.2, 0.25) is 5.04 Å². The predicted molar refractivity (Wildman–Crippen MR) is 116 cm³/mol. The number of nitrogens with zero attached hydrogens (tertiary/aromatic N) is 2. The molecule has 0 amide bonds. The lowest BCUT2D eigenvalue weighted by Gasteiger charge is -2.42. The molecule has 0 saturated carbocycles. The third kappa shape index (κ3) is 3.27. The van der Waals surface area contributed by atoms with Crippen LogP contribution in [-0.4, -0.2) is 23.3 Å².